The molecule has 4 N–H and O–H groups in total. The molecule has 6 rings (SSSR count). The van der Waals surface area contributed by atoms with Crippen LogP contribution in [0.5, 0.6) is 23.1 Å². The Bertz CT molecular complexity index is 3310. The second-order valence-electron chi connectivity index (χ2n) is 14.1. The van der Waals surface area contributed by atoms with Crippen LogP contribution in [0.3, 0.4) is 0 Å². The van der Waals surface area contributed by atoms with E-state index in [1.165, 1.54) is 47.9 Å². The van der Waals surface area contributed by atoms with E-state index in [0.29, 0.717) is 22.2 Å². The van der Waals surface area contributed by atoms with Gasteiger partial charge in [0.1, 0.15) is 50.8 Å². The third-order valence-corrected chi connectivity index (χ3v) is 11.9. The number of aryl methyl sites for hydroxylation is 2. The van der Waals surface area contributed by atoms with Gasteiger partial charge < -0.3 is 19.3 Å². The Labute approximate surface area is 371 Å². The van der Waals surface area contributed by atoms with Crippen molar-refractivity contribution in [3.8, 4) is 29.2 Å². The number of nitrogens with zero attached hydrogens (tertiary/aromatic N) is 9. The first-order chi connectivity index (χ1) is 30.7. The molecule has 0 bridgehead atoms. The number of hydrogen-bond donors (Lipinski definition) is 4. The summed E-state index contributed by atoms with van der Waals surface area (Å²) in [6.07, 6.45) is -0.244. The van der Waals surface area contributed by atoms with Crippen molar-refractivity contribution in [1.29, 1.82) is 5.26 Å². The first-order valence-electron chi connectivity index (χ1n) is 19.1. The van der Waals surface area contributed by atoms with Gasteiger partial charge in [-0.15, -0.1) is 20.5 Å². The number of benzene rings is 4. The third kappa shape index (κ3) is 11.6. The molecule has 0 aliphatic rings. The Kier molecular flexibility index (Phi) is 14.2. The number of aromatic hydroxyl groups is 1. The highest BCUT2D eigenvalue weighted by Gasteiger charge is 2.22. The molecule has 0 spiro atoms. The molecule has 6 aromatic rings. The van der Waals surface area contributed by atoms with E-state index in [9.17, 15) is 49.3 Å². The van der Waals surface area contributed by atoms with Gasteiger partial charge in [0.25, 0.3) is 30.4 Å². The van der Waals surface area contributed by atoms with Crippen LogP contribution in [0.25, 0.3) is 16.7 Å². The molecule has 22 nitrogen and oxygen atoms in total. The van der Waals surface area contributed by atoms with Gasteiger partial charge in [-0.1, -0.05) is 12.1 Å². The van der Waals surface area contributed by atoms with Crippen LogP contribution in [0.4, 0.5) is 34.1 Å². The number of imidazole rings is 1. The summed E-state index contributed by atoms with van der Waals surface area (Å²) in [4.78, 5) is 3.94. The van der Waals surface area contributed by atoms with E-state index in [1.54, 1.807) is 45.0 Å². The maximum absolute atomic E-state index is 12.1. The molecule has 340 valence electrons. The summed E-state index contributed by atoms with van der Waals surface area (Å²) in [6, 6.07) is 18.7. The maximum Gasteiger partial charge on any atom is 0.296 e. The van der Waals surface area contributed by atoms with E-state index in [1.807, 2.05) is 0 Å². The number of pyridine rings is 1. The van der Waals surface area contributed by atoms with Gasteiger partial charge in [0.2, 0.25) is 5.88 Å². The summed E-state index contributed by atoms with van der Waals surface area (Å²) < 4.78 is 116. The van der Waals surface area contributed by atoms with Gasteiger partial charge in [-0.05, 0) is 81.1 Å². The minimum atomic E-state index is -4.75. The maximum atomic E-state index is 12.1. The Hall–Kier alpha value is -6.95. The van der Waals surface area contributed by atoms with Crippen molar-refractivity contribution in [3.05, 3.63) is 89.0 Å². The van der Waals surface area contributed by atoms with Crippen LogP contribution in [0, 0.1) is 32.1 Å². The van der Waals surface area contributed by atoms with Gasteiger partial charge in [0.05, 0.1) is 54.2 Å². The molecule has 65 heavy (non-hydrogen) atoms. The summed E-state index contributed by atoms with van der Waals surface area (Å²) in [5, 5.41) is 47.1. The van der Waals surface area contributed by atoms with Gasteiger partial charge in [0.15, 0.2) is 11.3 Å². The van der Waals surface area contributed by atoms with Gasteiger partial charge >= 0.3 is 0 Å². The molecule has 0 atom stereocenters. The van der Waals surface area contributed by atoms with Gasteiger partial charge in [-0.25, -0.2) is 4.98 Å². The number of para-hydroxylation sites is 2. The van der Waals surface area contributed by atoms with Crippen molar-refractivity contribution < 1.29 is 58.2 Å². The number of fused-ring (bicyclic) bond motifs is 3. The summed E-state index contributed by atoms with van der Waals surface area (Å²) in [7, 11) is -12.1. The fraction of sp³-hybridized carbons (Fsp3) is 0.250. The highest BCUT2D eigenvalue weighted by Crippen LogP contribution is 2.42. The number of azo groups is 3. The molecule has 0 unspecified atom stereocenters. The molecule has 0 aliphatic heterocycles. The van der Waals surface area contributed by atoms with E-state index in [-0.39, 0.29) is 100 Å². The molecule has 4 aromatic carbocycles. The van der Waals surface area contributed by atoms with Crippen LogP contribution < -0.4 is 14.2 Å². The summed E-state index contributed by atoms with van der Waals surface area (Å²) in [5.74, 6) is -1.36. The van der Waals surface area contributed by atoms with Gasteiger partial charge in [0, 0.05) is 23.8 Å². The molecule has 0 fully saturated rings. The van der Waals surface area contributed by atoms with Crippen LogP contribution in [-0.4, -0.2) is 85.2 Å². The van der Waals surface area contributed by atoms with E-state index in [0.717, 1.165) is 6.07 Å². The van der Waals surface area contributed by atoms with E-state index in [4.69, 9.17) is 14.2 Å². The van der Waals surface area contributed by atoms with Crippen LogP contribution in [0.1, 0.15) is 35.1 Å². The molecule has 0 saturated heterocycles. The Balaban J connectivity index is 1.39. The van der Waals surface area contributed by atoms with E-state index in [2.05, 4.69) is 41.7 Å². The van der Waals surface area contributed by atoms with Crippen molar-refractivity contribution in [1.82, 2.24) is 9.38 Å². The van der Waals surface area contributed by atoms with Crippen molar-refractivity contribution in [2.24, 2.45) is 30.7 Å². The van der Waals surface area contributed by atoms with Crippen LogP contribution in [-0.2, 0) is 30.4 Å². The number of rotatable bonds is 18. The smallest absolute Gasteiger partial charge is 0.296 e. The topological polar surface area (TPSA) is 326 Å². The second-order valence-corrected chi connectivity index (χ2v) is 18.7. The van der Waals surface area contributed by atoms with Crippen molar-refractivity contribution in [2.45, 2.75) is 38.5 Å². The quantitative estimate of drug-likeness (QED) is 0.0355. The number of methoxy groups -OCH3 is 1. The molecular weight excluding hydrogens is 911 g/mol. The third-order valence-electron chi connectivity index (χ3n) is 9.45. The molecule has 0 radical (unpaired) electrons. The van der Waals surface area contributed by atoms with E-state index >= 15 is 0 Å². The normalized spacial score (nSPS) is 12.5. The Morgan fingerprint density at radius 2 is 1.22 bits per heavy atom. The SMILES string of the molecule is COc1ccc(N=Nc2cc(OCCCS(=O)(=O)O)c(N=Nc3cc(OCCCS(=O)(=O)O)c(N=Nc4c(C)c(C#N)c5nc6ccccc6n5c4O)cc3C)cc2C)c(S(=O)(=O)O)c1. The lowest BCUT2D eigenvalue weighted by atomic mass is 10.1. The zero-order chi connectivity index (χ0) is 47.3. The fourth-order valence-electron chi connectivity index (χ4n) is 6.23. The second kappa shape index (κ2) is 19.4. The number of aromatic nitrogens is 2. The average molecular weight is 950 g/mol. The fourth-order valence-corrected chi connectivity index (χ4v) is 7.83. The number of nitriles is 1. The summed E-state index contributed by atoms with van der Waals surface area (Å²) in [6.45, 7) is 4.44. The molecular formula is C40H39N9O13S3. The minimum absolute atomic E-state index is 0.0210. The molecule has 0 aliphatic carbocycles. The van der Waals surface area contributed by atoms with Gasteiger partial charge in [-0.2, -0.15) is 40.7 Å². The zero-order valence-electron chi connectivity index (χ0n) is 34.8. The highest BCUT2D eigenvalue weighted by atomic mass is 32.2. The van der Waals surface area contributed by atoms with Crippen LogP contribution in [0.15, 0.2) is 102 Å². The average Bonchev–Trinajstić information content (AvgIpc) is 3.62. The first-order valence-corrected chi connectivity index (χ1v) is 23.7. The minimum Gasteiger partial charge on any atom is -0.497 e. The van der Waals surface area contributed by atoms with Crippen molar-refractivity contribution in [2.75, 3.05) is 31.8 Å². The van der Waals surface area contributed by atoms with Crippen molar-refractivity contribution >= 4 is 81.2 Å². The predicted molar refractivity (Wildman–Crippen MR) is 235 cm³/mol. The zero-order valence-corrected chi connectivity index (χ0v) is 37.3. The molecule has 0 saturated carbocycles. The lowest BCUT2D eigenvalue weighted by Crippen LogP contribution is -2.08. The summed E-state index contributed by atoms with van der Waals surface area (Å²) in [5.41, 5.74) is 2.93. The number of ether oxygens (including phenoxy) is 3. The number of hydrogen-bond acceptors (Lipinski definition) is 18. The highest BCUT2D eigenvalue weighted by molar-refractivity contribution is 7.86. The standard InChI is InChI=1S/C40H39N9O13S3/c1-23-17-32(35(61-13-7-15-63(51,52)53)20-30(23)44-43-29-12-11-26(60-4)19-37(29)65(57,58)59)46-45-31-21-36(62-14-8-16-64(54,55)56)33(18-24(31)2)47-48-38-25(3)27(22-41)39-42-28-9-5-6-10-34(28)49(39)40(38)50/h5-6,9-12,17-21,50H,7-8,13-16H2,1-4H3,(H,51,52,53)(H,54,55,56)(H,57,58,59). The van der Waals surface area contributed by atoms with E-state index < -0.39 is 46.8 Å². The van der Waals surface area contributed by atoms with Crippen molar-refractivity contribution in [3.63, 3.8) is 0 Å². The lowest BCUT2D eigenvalue weighted by molar-refractivity contribution is 0.317. The van der Waals surface area contributed by atoms with Crippen LogP contribution >= 0.6 is 0 Å². The summed E-state index contributed by atoms with van der Waals surface area (Å²) >= 11 is 0. The largest absolute Gasteiger partial charge is 0.497 e. The molecule has 0 amide bonds. The first kappa shape index (κ1) is 47.5. The Morgan fingerprint density at radius 3 is 1.74 bits per heavy atom. The molecule has 2 aromatic heterocycles. The molecule has 2 heterocycles. The van der Waals surface area contributed by atoms with Gasteiger partial charge in [-0.3, -0.25) is 18.1 Å². The Morgan fingerprint density at radius 1 is 0.692 bits per heavy atom. The molecule has 25 heteroatoms. The lowest BCUT2D eigenvalue weighted by Gasteiger charge is -2.12. The predicted octanol–water partition coefficient (Wildman–Crippen LogP) is 8.80. The van der Waals surface area contributed by atoms with Crippen LogP contribution in [0.2, 0.25) is 0 Å². The monoisotopic (exact) mass is 949 g/mol.